The lowest BCUT2D eigenvalue weighted by Gasteiger charge is -2.18. The van der Waals surface area contributed by atoms with Crippen LogP contribution in [0.4, 0.5) is 0 Å². The highest BCUT2D eigenvalue weighted by molar-refractivity contribution is 5.71. The Morgan fingerprint density at radius 3 is 0.778 bits per heavy atom. The minimum Gasteiger partial charge on any atom is -0.462 e. The van der Waals surface area contributed by atoms with Gasteiger partial charge < -0.3 is 14.2 Å². The van der Waals surface area contributed by atoms with Gasteiger partial charge in [0, 0.05) is 19.3 Å². The third kappa shape index (κ3) is 51.3. The Hall–Kier alpha value is -1.59. The number of carbonyl (C=O) groups is 3. The SMILES string of the molecule is CCCCCCCCCCCCCCCCCCCCCC(=O)O[C@@H](COC(=O)CCCCCCCCCCCCCCC)COC(=O)CCCCCCCCCCCCC(C)C. The first-order chi connectivity index (χ1) is 30.9. The van der Waals surface area contributed by atoms with Crippen LogP contribution >= 0.6 is 0 Å². The molecule has 1 atom stereocenters. The number of unbranched alkanes of at least 4 members (excludes halogenated alkanes) is 39. The van der Waals surface area contributed by atoms with Crippen LogP contribution in [0.25, 0.3) is 0 Å². The highest BCUT2D eigenvalue weighted by atomic mass is 16.6. The van der Waals surface area contributed by atoms with Crippen LogP contribution in [0.2, 0.25) is 0 Å². The molecule has 0 rings (SSSR count). The number of hydrogen-bond donors (Lipinski definition) is 0. The molecule has 0 aliphatic heterocycles. The van der Waals surface area contributed by atoms with Crippen molar-refractivity contribution >= 4 is 17.9 Å². The maximum atomic E-state index is 12.8. The molecule has 0 radical (unpaired) electrons. The summed E-state index contributed by atoms with van der Waals surface area (Å²) in [6, 6.07) is 0. The van der Waals surface area contributed by atoms with Gasteiger partial charge in [0.2, 0.25) is 0 Å². The van der Waals surface area contributed by atoms with Crippen molar-refractivity contribution in [3.8, 4) is 0 Å². The Kier molecular flexibility index (Phi) is 50.1. The summed E-state index contributed by atoms with van der Waals surface area (Å²) in [5.74, 6) is -0.0199. The van der Waals surface area contributed by atoms with Crippen molar-refractivity contribution in [2.24, 2.45) is 5.92 Å². The Morgan fingerprint density at radius 1 is 0.302 bits per heavy atom. The average Bonchev–Trinajstić information content (AvgIpc) is 3.27. The smallest absolute Gasteiger partial charge is 0.306 e. The van der Waals surface area contributed by atoms with E-state index in [0.717, 1.165) is 63.7 Å². The Morgan fingerprint density at radius 2 is 0.524 bits per heavy atom. The minimum absolute atomic E-state index is 0.0623. The average molecular weight is 892 g/mol. The van der Waals surface area contributed by atoms with Crippen LogP contribution in [0.5, 0.6) is 0 Å². The fraction of sp³-hybridized carbons (Fsp3) is 0.947. The van der Waals surface area contributed by atoms with Crippen LogP contribution in [0.1, 0.15) is 323 Å². The maximum Gasteiger partial charge on any atom is 0.306 e. The second kappa shape index (κ2) is 51.4. The van der Waals surface area contributed by atoms with Gasteiger partial charge in [-0.2, -0.15) is 0 Å². The van der Waals surface area contributed by atoms with Crippen molar-refractivity contribution in [1.82, 2.24) is 0 Å². The minimum atomic E-state index is -0.761. The van der Waals surface area contributed by atoms with Crippen molar-refractivity contribution in [3.05, 3.63) is 0 Å². The molecule has 0 aromatic carbocycles. The molecule has 0 bridgehead atoms. The summed E-state index contributed by atoms with van der Waals surface area (Å²) < 4.78 is 16.9. The summed E-state index contributed by atoms with van der Waals surface area (Å²) >= 11 is 0. The summed E-state index contributed by atoms with van der Waals surface area (Å²) in [7, 11) is 0. The molecular weight excluding hydrogens is 781 g/mol. The zero-order valence-corrected chi connectivity index (χ0v) is 43.0. The Bertz CT molecular complexity index is 949. The van der Waals surface area contributed by atoms with Crippen LogP contribution in [-0.4, -0.2) is 37.2 Å². The second-order valence-electron chi connectivity index (χ2n) is 20.1. The third-order valence-corrected chi connectivity index (χ3v) is 13.0. The van der Waals surface area contributed by atoms with E-state index in [-0.39, 0.29) is 31.1 Å². The summed E-state index contributed by atoms with van der Waals surface area (Å²) in [6.07, 6.45) is 55.2. The molecule has 0 N–H and O–H groups in total. The van der Waals surface area contributed by atoms with E-state index >= 15 is 0 Å². The molecule has 0 aliphatic carbocycles. The maximum absolute atomic E-state index is 12.8. The van der Waals surface area contributed by atoms with E-state index in [1.807, 2.05) is 0 Å². The molecule has 0 aromatic heterocycles. The Balaban J connectivity index is 4.27. The third-order valence-electron chi connectivity index (χ3n) is 13.0. The first-order valence-electron chi connectivity index (χ1n) is 28.4. The van der Waals surface area contributed by atoms with Crippen molar-refractivity contribution in [1.29, 1.82) is 0 Å². The largest absolute Gasteiger partial charge is 0.462 e. The van der Waals surface area contributed by atoms with Crippen molar-refractivity contribution in [2.45, 2.75) is 329 Å². The number of esters is 3. The van der Waals surface area contributed by atoms with E-state index < -0.39 is 6.10 Å². The predicted octanol–water partition coefficient (Wildman–Crippen LogP) is 18.6. The number of carbonyl (C=O) groups excluding carboxylic acids is 3. The summed E-state index contributed by atoms with van der Waals surface area (Å²) in [4.78, 5) is 38.1. The van der Waals surface area contributed by atoms with Gasteiger partial charge in [0.05, 0.1) is 0 Å². The number of hydrogen-bond acceptors (Lipinski definition) is 6. The molecule has 6 nitrogen and oxygen atoms in total. The van der Waals surface area contributed by atoms with Gasteiger partial charge in [0.1, 0.15) is 13.2 Å². The van der Waals surface area contributed by atoms with Gasteiger partial charge in [-0.25, -0.2) is 0 Å². The molecular formula is C57H110O6. The lowest BCUT2D eigenvalue weighted by atomic mass is 10.0. The van der Waals surface area contributed by atoms with Crippen LogP contribution in [0.3, 0.4) is 0 Å². The molecule has 0 unspecified atom stereocenters. The van der Waals surface area contributed by atoms with Gasteiger partial charge >= 0.3 is 17.9 Å². The molecule has 0 amide bonds. The van der Waals surface area contributed by atoms with Gasteiger partial charge in [-0.05, 0) is 25.2 Å². The summed E-state index contributed by atoms with van der Waals surface area (Å²) in [5.41, 5.74) is 0. The number of rotatable bonds is 52. The van der Waals surface area contributed by atoms with E-state index in [1.54, 1.807) is 0 Å². The molecule has 0 heterocycles. The van der Waals surface area contributed by atoms with E-state index in [1.165, 1.54) is 218 Å². The molecule has 0 saturated heterocycles. The molecule has 0 spiro atoms. The summed E-state index contributed by atoms with van der Waals surface area (Å²) in [6.45, 7) is 9.04. The quantitative estimate of drug-likeness (QED) is 0.0344. The van der Waals surface area contributed by atoms with E-state index in [0.29, 0.717) is 19.3 Å². The Labute approximate surface area is 393 Å². The van der Waals surface area contributed by atoms with Crippen LogP contribution in [-0.2, 0) is 28.6 Å². The van der Waals surface area contributed by atoms with Crippen LogP contribution in [0, 0.1) is 5.92 Å². The van der Waals surface area contributed by atoms with Gasteiger partial charge in [0.15, 0.2) is 6.10 Å². The molecule has 0 fully saturated rings. The van der Waals surface area contributed by atoms with Crippen molar-refractivity contribution in [2.75, 3.05) is 13.2 Å². The first-order valence-corrected chi connectivity index (χ1v) is 28.4. The monoisotopic (exact) mass is 891 g/mol. The lowest BCUT2D eigenvalue weighted by molar-refractivity contribution is -0.167. The molecule has 63 heavy (non-hydrogen) atoms. The van der Waals surface area contributed by atoms with Gasteiger partial charge in [-0.3, -0.25) is 14.4 Å². The van der Waals surface area contributed by atoms with Gasteiger partial charge in [-0.15, -0.1) is 0 Å². The fourth-order valence-electron chi connectivity index (χ4n) is 8.75. The molecule has 0 saturated carbocycles. The molecule has 0 aromatic rings. The molecule has 374 valence electrons. The normalized spacial score (nSPS) is 12.0. The van der Waals surface area contributed by atoms with E-state index in [4.69, 9.17) is 14.2 Å². The van der Waals surface area contributed by atoms with Crippen molar-refractivity contribution in [3.63, 3.8) is 0 Å². The second-order valence-corrected chi connectivity index (χ2v) is 20.1. The molecule has 6 heteroatoms. The van der Waals surface area contributed by atoms with Gasteiger partial charge in [0.25, 0.3) is 0 Å². The standard InChI is InChI=1S/C57H110O6/c1-5-7-9-11-13-15-17-19-20-21-22-23-24-26-28-34-38-42-46-50-57(60)63-54(51-61-55(58)48-44-40-36-32-27-25-18-16-14-12-10-8-6-2)52-62-56(59)49-45-41-37-33-30-29-31-35-39-43-47-53(3)4/h53-54H,5-52H2,1-4H3/t54-/m0/s1. The van der Waals surface area contributed by atoms with Crippen molar-refractivity contribution < 1.29 is 28.6 Å². The van der Waals surface area contributed by atoms with E-state index in [2.05, 4.69) is 27.7 Å². The van der Waals surface area contributed by atoms with Gasteiger partial charge in [-0.1, -0.05) is 285 Å². The highest BCUT2D eigenvalue weighted by Gasteiger charge is 2.19. The predicted molar refractivity (Wildman–Crippen MR) is 270 cm³/mol. The topological polar surface area (TPSA) is 78.9 Å². The lowest BCUT2D eigenvalue weighted by Crippen LogP contribution is -2.30. The molecule has 0 aliphatic rings. The van der Waals surface area contributed by atoms with E-state index in [9.17, 15) is 14.4 Å². The zero-order valence-electron chi connectivity index (χ0n) is 43.0. The van der Waals surface area contributed by atoms with Crippen LogP contribution in [0.15, 0.2) is 0 Å². The number of ether oxygens (including phenoxy) is 3. The zero-order chi connectivity index (χ0) is 45.9. The van der Waals surface area contributed by atoms with Crippen LogP contribution < -0.4 is 0 Å². The summed E-state index contributed by atoms with van der Waals surface area (Å²) in [5, 5.41) is 0. The first kappa shape index (κ1) is 61.4. The fourth-order valence-corrected chi connectivity index (χ4v) is 8.75. The highest BCUT2D eigenvalue weighted by Crippen LogP contribution is 2.18.